The summed E-state index contributed by atoms with van der Waals surface area (Å²) in [5, 5.41) is 0. The molecule has 0 fully saturated rings. The molecule has 0 saturated carbocycles. The summed E-state index contributed by atoms with van der Waals surface area (Å²) in [5.41, 5.74) is 1.03. The maximum absolute atomic E-state index is 13.6. The monoisotopic (exact) mass is 262 g/mol. The Bertz CT molecular complexity index is 514. The standard InChI is InChI=1S/C15H15FO3/c1-17-11-19-15-8-7-13(9-14(15)16)18-10-12-5-3-2-4-6-12/h2-9H,10-11H2,1H3. The van der Waals surface area contributed by atoms with E-state index in [4.69, 9.17) is 14.2 Å². The molecule has 3 nitrogen and oxygen atoms in total. The minimum absolute atomic E-state index is 0.0150. The van der Waals surface area contributed by atoms with E-state index in [1.165, 1.54) is 19.2 Å². The molecule has 0 N–H and O–H groups in total. The molecule has 0 aliphatic carbocycles. The van der Waals surface area contributed by atoms with Gasteiger partial charge in [-0.1, -0.05) is 30.3 Å². The van der Waals surface area contributed by atoms with Crippen LogP contribution < -0.4 is 9.47 Å². The van der Waals surface area contributed by atoms with Gasteiger partial charge in [0.15, 0.2) is 18.4 Å². The lowest BCUT2D eigenvalue weighted by Gasteiger charge is -2.09. The summed E-state index contributed by atoms with van der Waals surface area (Å²) in [5.74, 6) is 0.141. The van der Waals surface area contributed by atoms with Gasteiger partial charge in [0.05, 0.1) is 0 Å². The van der Waals surface area contributed by atoms with Crippen LogP contribution in [0.25, 0.3) is 0 Å². The molecule has 19 heavy (non-hydrogen) atoms. The second-order valence-corrected chi connectivity index (χ2v) is 3.92. The first-order valence-corrected chi connectivity index (χ1v) is 5.87. The van der Waals surface area contributed by atoms with Crippen LogP contribution in [0, 0.1) is 5.82 Å². The van der Waals surface area contributed by atoms with Gasteiger partial charge < -0.3 is 14.2 Å². The predicted molar refractivity (Wildman–Crippen MR) is 69.7 cm³/mol. The molecule has 0 aliphatic rings. The topological polar surface area (TPSA) is 27.7 Å². The van der Waals surface area contributed by atoms with Crippen molar-refractivity contribution in [2.75, 3.05) is 13.9 Å². The molecule has 0 unspecified atom stereocenters. The van der Waals surface area contributed by atoms with Gasteiger partial charge in [-0.05, 0) is 17.7 Å². The molecule has 0 spiro atoms. The zero-order valence-corrected chi connectivity index (χ0v) is 10.6. The molecule has 0 aromatic heterocycles. The second-order valence-electron chi connectivity index (χ2n) is 3.92. The van der Waals surface area contributed by atoms with Crippen LogP contribution in [-0.2, 0) is 11.3 Å². The average molecular weight is 262 g/mol. The lowest BCUT2D eigenvalue weighted by atomic mass is 10.2. The summed E-state index contributed by atoms with van der Waals surface area (Å²) in [4.78, 5) is 0. The van der Waals surface area contributed by atoms with E-state index >= 15 is 0 Å². The quantitative estimate of drug-likeness (QED) is 0.747. The molecule has 0 amide bonds. The van der Waals surface area contributed by atoms with Crippen molar-refractivity contribution in [3.63, 3.8) is 0 Å². The normalized spacial score (nSPS) is 10.2. The van der Waals surface area contributed by atoms with Crippen LogP contribution in [0.1, 0.15) is 5.56 Å². The first-order valence-electron chi connectivity index (χ1n) is 5.87. The molecule has 0 heterocycles. The highest BCUT2D eigenvalue weighted by molar-refractivity contribution is 5.33. The summed E-state index contributed by atoms with van der Waals surface area (Å²) in [7, 11) is 1.48. The van der Waals surface area contributed by atoms with Crippen LogP contribution in [0.4, 0.5) is 4.39 Å². The lowest BCUT2D eigenvalue weighted by Crippen LogP contribution is -2.01. The van der Waals surface area contributed by atoms with Gasteiger partial charge in [0.25, 0.3) is 0 Å². The predicted octanol–water partition coefficient (Wildman–Crippen LogP) is 3.39. The third-order valence-electron chi connectivity index (χ3n) is 2.48. The van der Waals surface area contributed by atoms with E-state index in [0.29, 0.717) is 12.4 Å². The SMILES string of the molecule is COCOc1ccc(OCc2ccccc2)cc1F. The molecule has 0 radical (unpaired) electrons. The Hall–Kier alpha value is -2.07. The molecule has 2 aromatic rings. The van der Waals surface area contributed by atoms with E-state index < -0.39 is 5.82 Å². The molecule has 0 aliphatic heterocycles. The third kappa shape index (κ3) is 3.96. The summed E-state index contributed by atoms with van der Waals surface area (Å²) in [6, 6.07) is 14.2. The first kappa shape index (κ1) is 13.4. The van der Waals surface area contributed by atoms with Crippen LogP contribution in [0.2, 0.25) is 0 Å². The fourth-order valence-corrected chi connectivity index (χ4v) is 1.55. The number of methoxy groups -OCH3 is 1. The first-order chi connectivity index (χ1) is 9.29. The van der Waals surface area contributed by atoms with Gasteiger partial charge >= 0.3 is 0 Å². The van der Waals surface area contributed by atoms with E-state index in [0.717, 1.165) is 5.56 Å². The largest absolute Gasteiger partial charge is 0.489 e. The van der Waals surface area contributed by atoms with Crippen molar-refractivity contribution in [1.29, 1.82) is 0 Å². The van der Waals surface area contributed by atoms with Crippen LogP contribution in [0.3, 0.4) is 0 Å². The van der Waals surface area contributed by atoms with Gasteiger partial charge in [-0.15, -0.1) is 0 Å². The zero-order valence-electron chi connectivity index (χ0n) is 10.6. The van der Waals surface area contributed by atoms with Crippen molar-refractivity contribution in [1.82, 2.24) is 0 Å². The number of ether oxygens (including phenoxy) is 3. The van der Waals surface area contributed by atoms with E-state index in [1.807, 2.05) is 30.3 Å². The van der Waals surface area contributed by atoms with Crippen molar-refractivity contribution in [3.8, 4) is 11.5 Å². The van der Waals surface area contributed by atoms with Crippen molar-refractivity contribution in [3.05, 3.63) is 59.9 Å². The number of halogens is 1. The minimum atomic E-state index is -0.470. The second kappa shape index (κ2) is 6.75. The summed E-state index contributed by atoms with van der Waals surface area (Å²) in [6.07, 6.45) is 0. The minimum Gasteiger partial charge on any atom is -0.489 e. The average Bonchev–Trinajstić information content (AvgIpc) is 2.45. The van der Waals surface area contributed by atoms with Crippen LogP contribution in [0.15, 0.2) is 48.5 Å². The number of hydrogen-bond donors (Lipinski definition) is 0. The Labute approximate surface area is 111 Å². The van der Waals surface area contributed by atoms with E-state index in [9.17, 15) is 4.39 Å². The van der Waals surface area contributed by atoms with Crippen LogP contribution >= 0.6 is 0 Å². The Morgan fingerprint density at radius 3 is 2.47 bits per heavy atom. The fraction of sp³-hybridized carbons (Fsp3) is 0.200. The third-order valence-corrected chi connectivity index (χ3v) is 2.48. The fourth-order valence-electron chi connectivity index (χ4n) is 1.55. The number of hydrogen-bond acceptors (Lipinski definition) is 3. The van der Waals surface area contributed by atoms with Crippen molar-refractivity contribution >= 4 is 0 Å². The molecule has 0 bridgehead atoms. The maximum atomic E-state index is 13.6. The van der Waals surface area contributed by atoms with Gasteiger partial charge in [0.1, 0.15) is 12.4 Å². The molecular formula is C15H15FO3. The summed E-state index contributed by atoms with van der Waals surface area (Å²) < 4.78 is 28.9. The maximum Gasteiger partial charge on any atom is 0.188 e. The van der Waals surface area contributed by atoms with Gasteiger partial charge in [-0.2, -0.15) is 0 Å². The van der Waals surface area contributed by atoms with Crippen LogP contribution in [-0.4, -0.2) is 13.9 Å². The van der Waals surface area contributed by atoms with Gasteiger partial charge in [0.2, 0.25) is 0 Å². The Morgan fingerprint density at radius 1 is 1.00 bits per heavy atom. The Kier molecular flexibility index (Phi) is 4.75. The molecule has 2 aromatic carbocycles. The van der Waals surface area contributed by atoms with E-state index in [2.05, 4.69) is 0 Å². The Balaban J connectivity index is 1.96. The Morgan fingerprint density at radius 2 is 1.79 bits per heavy atom. The number of rotatable bonds is 6. The summed E-state index contributed by atoms with van der Waals surface area (Å²) >= 11 is 0. The zero-order chi connectivity index (χ0) is 13.5. The highest BCUT2D eigenvalue weighted by atomic mass is 19.1. The highest BCUT2D eigenvalue weighted by Crippen LogP contribution is 2.23. The molecule has 100 valence electrons. The molecule has 4 heteroatoms. The highest BCUT2D eigenvalue weighted by Gasteiger charge is 2.05. The van der Waals surface area contributed by atoms with Crippen molar-refractivity contribution in [2.24, 2.45) is 0 Å². The van der Waals surface area contributed by atoms with E-state index in [1.54, 1.807) is 6.07 Å². The van der Waals surface area contributed by atoms with E-state index in [-0.39, 0.29) is 12.5 Å². The molecule has 2 rings (SSSR count). The smallest absolute Gasteiger partial charge is 0.188 e. The molecular weight excluding hydrogens is 247 g/mol. The van der Waals surface area contributed by atoms with Crippen molar-refractivity contribution in [2.45, 2.75) is 6.61 Å². The summed E-state index contributed by atoms with van der Waals surface area (Å²) in [6.45, 7) is 0.416. The van der Waals surface area contributed by atoms with Crippen LogP contribution in [0.5, 0.6) is 11.5 Å². The van der Waals surface area contributed by atoms with Crippen molar-refractivity contribution < 1.29 is 18.6 Å². The lowest BCUT2D eigenvalue weighted by molar-refractivity contribution is 0.0482. The van der Waals surface area contributed by atoms with Gasteiger partial charge in [-0.25, -0.2) is 4.39 Å². The number of benzene rings is 2. The molecule has 0 saturated heterocycles. The molecule has 0 atom stereocenters. The van der Waals surface area contributed by atoms with Gasteiger partial charge in [0, 0.05) is 13.2 Å². The van der Waals surface area contributed by atoms with Gasteiger partial charge in [-0.3, -0.25) is 0 Å².